The summed E-state index contributed by atoms with van der Waals surface area (Å²) in [4.78, 5) is 33.3. The normalized spacial score (nSPS) is 14.9. The Labute approximate surface area is 177 Å². The van der Waals surface area contributed by atoms with Crippen molar-refractivity contribution in [1.82, 2.24) is 20.0 Å². The molecule has 1 N–H and O–H groups in total. The van der Waals surface area contributed by atoms with Gasteiger partial charge in [0, 0.05) is 18.7 Å². The molecule has 0 bridgehead atoms. The third kappa shape index (κ3) is 3.33. The maximum Gasteiger partial charge on any atom is 0.331 e. The van der Waals surface area contributed by atoms with E-state index in [2.05, 4.69) is 15.4 Å². The van der Waals surface area contributed by atoms with Gasteiger partial charge in [-0.15, -0.1) is 0 Å². The summed E-state index contributed by atoms with van der Waals surface area (Å²) < 4.78 is 15.5. The maximum absolute atomic E-state index is 13.9. The lowest BCUT2D eigenvalue weighted by Gasteiger charge is -2.33. The molecule has 0 atom stereocenters. The number of carbonyl (C=O) groups is 2. The van der Waals surface area contributed by atoms with Gasteiger partial charge >= 0.3 is 6.03 Å². The van der Waals surface area contributed by atoms with E-state index < -0.39 is 5.91 Å². The Hall–Kier alpha value is -4.01. The highest BCUT2D eigenvalue weighted by atomic mass is 19.1. The monoisotopic (exact) mass is 418 g/mol. The van der Waals surface area contributed by atoms with Gasteiger partial charge in [0.05, 0.1) is 24.0 Å². The lowest BCUT2D eigenvalue weighted by Crippen LogP contribution is -2.53. The number of benzene rings is 2. The van der Waals surface area contributed by atoms with Crippen LogP contribution in [0.3, 0.4) is 0 Å². The molecule has 0 radical (unpaired) electrons. The molecule has 3 heterocycles. The van der Waals surface area contributed by atoms with Crippen LogP contribution in [0.5, 0.6) is 0 Å². The number of nitrogens with zero attached hydrogens (tertiary/aromatic N) is 5. The molecule has 0 unspecified atom stereocenters. The van der Waals surface area contributed by atoms with Crippen molar-refractivity contribution >= 4 is 23.6 Å². The zero-order valence-electron chi connectivity index (χ0n) is 16.5. The molecule has 31 heavy (non-hydrogen) atoms. The van der Waals surface area contributed by atoms with Gasteiger partial charge in [-0.25, -0.2) is 13.9 Å². The van der Waals surface area contributed by atoms with Crippen LogP contribution in [0, 0.1) is 5.82 Å². The first-order valence-electron chi connectivity index (χ1n) is 9.91. The molecule has 3 aromatic rings. The van der Waals surface area contributed by atoms with E-state index in [9.17, 15) is 14.0 Å². The maximum atomic E-state index is 13.9. The van der Waals surface area contributed by atoms with E-state index >= 15 is 0 Å². The molecule has 0 spiro atoms. The number of carbonyl (C=O) groups excluding carboxylic acids is 2. The summed E-state index contributed by atoms with van der Waals surface area (Å²) in [6.45, 7) is 0.777. The van der Waals surface area contributed by atoms with Gasteiger partial charge in [-0.2, -0.15) is 5.10 Å². The van der Waals surface area contributed by atoms with Crippen LogP contribution in [0.1, 0.15) is 11.1 Å². The number of para-hydroxylation sites is 1. The lowest BCUT2D eigenvalue weighted by atomic mass is 10.2. The molecule has 2 aromatic carbocycles. The number of nitrogens with one attached hydrogen (secondary N) is 1. The first-order chi connectivity index (χ1) is 15.1. The van der Waals surface area contributed by atoms with Crippen molar-refractivity contribution in [3.63, 3.8) is 0 Å². The molecule has 2 aliphatic heterocycles. The number of urea groups is 1. The molecule has 156 valence electrons. The van der Waals surface area contributed by atoms with Gasteiger partial charge in [0.25, 0.3) is 0 Å². The van der Waals surface area contributed by atoms with Gasteiger partial charge in [0.1, 0.15) is 18.2 Å². The van der Waals surface area contributed by atoms with Gasteiger partial charge in [0.15, 0.2) is 5.82 Å². The molecule has 1 aromatic heterocycles. The highest BCUT2D eigenvalue weighted by Gasteiger charge is 2.41. The number of aliphatic imine (C=N–C) groups is 1. The van der Waals surface area contributed by atoms with Crippen molar-refractivity contribution in [2.75, 3.05) is 24.5 Å². The molecule has 0 saturated heterocycles. The second-order valence-electron chi connectivity index (χ2n) is 7.22. The van der Waals surface area contributed by atoms with E-state index in [1.54, 1.807) is 34.0 Å². The Bertz CT molecular complexity index is 1190. The summed E-state index contributed by atoms with van der Waals surface area (Å²) in [7, 11) is 0. The Morgan fingerprint density at radius 1 is 1.10 bits per heavy atom. The third-order valence-electron chi connectivity index (χ3n) is 5.28. The Morgan fingerprint density at radius 2 is 1.87 bits per heavy atom. The number of anilines is 1. The first-order valence-corrected chi connectivity index (χ1v) is 9.91. The van der Waals surface area contributed by atoms with Crippen molar-refractivity contribution in [1.29, 1.82) is 0 Å². The van der Waals surface area contributed by atoms with Gasteiger partial charge in [-0.05, 0) is 18.2 Å². The Kier molecular flexibility index (Phi) is 4.70. The minimum atomic E-state index is -0.400. The fraction of sp³-hybridized carbons (Fsp3) is 0.182. The van der Waals surface area contributed by atoms with E-state index in [1.165, 1.54) is 11.0 Å². The number of amidine groups is 1. The lowest BCUT2D eigenvalue weighted by molar-refractivity contribution is -0.119. The standard InChI is InChI=1S/C22H19FN6O2/c23-18-9-5-4-6-15(18)12-25-19(30)14-28-21-17(20-24-10-11-27(20)22(28)31)13-26-29(21)16-7-2-1-3-8-16/h1-9,13H,10-12,14H2,(H,25,30). The van der Waals surface area contributed by atoms with E-state index in [-0.39, 0.29) is 24.9 Å². The SMILES string of the molecule is O=C(CN1C(=O)N2CCN=C2c2cnn(-c3ccccc3)c21)NCc1ccccc1F. The summed E-state index contributed by atoms with van der Waals surface area (Å²) in [6, 6.07) is 15.3. The van der Waals surface area contributed by atoms with Crippen molar-refractivity contribution in [2.45, 2.75) is 6.54 Å². The largest absolute Gasteiger partial charge is 0.350 e. The topological polar surface area (TPSA) is 82.8 Å². The van der Waals surface area contributed by atoms with Crippen LogP contribution < -0.4 is 10.2 Å². The highest BCUT2D eigenvalue weighted by molar-refractivity contribution is 6.20. The summed E-state index contributed by atoms with van der Waals surface area (Å²) >= 11 is 0. The fourth-order valence-electron chi connectivity index (χ4n) is 3.80. The minimum Gasteiger partial charge on any atom is -0.350 e. The van der Waals surface area contributed by atoms with Crippen LogP contribution >= 0.6 is 0 Å². The predicted octanol–water partition coefficient (Wildman–Crippen LogP) is 2.33. The smallest absolute Gasteiger partial charge is 0.331 e. The Balaban J connectivity index is 1.45. The number of amides is 3. The summed E-state index contributed by atoms with van der Waals surface area (Å²) in [5, 5.41) is 7.16. The average molecular weight is 418 g/mol. The summed E-state index contributed by atoms with van der Waals surface area (Å²) in [6.07, 6.45) is 1.66. The molecular weight excluding hydrogens is 399 g/mol. The van der Waals surface area contributed by atoms with Crippen molar-refractivity contribution in [2.24, 2.45) is 4.99 Å². The molecule has 2 aliphatic rings. The number of halogens is 1. The number of rotatable bonds is 5. The molecule has 9 heteroatoms. The number of fused-ring (bicyclic) bond motifs is 3. The van der Waals surface area contributed by atoms with E-state index in [4.69, 9.17) is 0 Å². The predicted molar refractivity (Wildman–Crippen MR) is 113 cm³/mol. The van der Waals surface area contributed by atoms with Crippen molar-refractivity contribution in [3.05, 3.63) is 77.7 Å². The van der Waals surface area contributed by atoms with Gasteiger partial charge in [-0.3, -0.25) is 19.6 Å². The number of hydrogen-bond acceptors (Lipinski definition) is 4. The number of aromatic nitrogens is 2. The van der Waals surface area contributed by atoms with Crippen molar-refractivity contribution < 1.29 is 14.0 Å². The fourth-order valence-corrected chi connectivity index (χ4v) is 3.80. The molecule has 0 saturated carbocycles. The minimum absolute atomic E-state index is 0.0365. The Morgan fingerprint density at radius 3 is 2.68 bits per heavy atom. The molecule has 8 nitrogen and oxygen atoms in total. The zero-order chi connectivity index (χ0) is 21.4. The zero-order valence-corrected chi connectivity index (χ0v) is 16.5. The van der Waals surface area contributed by atoms with Crippen LogP contribution in [-0.4, -0.2) is 52.1 Å². The van der Waals surface area contributed by atoms with Crippen LogP contribution in [0.2, 0.25) is 0 Å². The molecule has 0 aliphatic carbocycles. The molecule has 5 rings (SSSR count). The summed E-state index contributed by atoms with van der Waals surface area (Å²) in [5.41, 5.74) is 1.84. The average Bonchev–Trinajstić information content (AvgIpc) is 3.44. The second kappa shape index (κ2) is 7.67. The van der Waals surface area contributed by atoms with Gasteiger partial charge < -0.3 is 5.32 Å². The van der Waals surface area contributed by atoms with Crippen LogP contribution in [0.25, 0.3) is 5.69 Å². The van der Waals surface area contributed by atoms with E-state index in [0.717, 1.165) is 5.69 Å². The first kappa shape index (κ1) is 19.0. The quantitative estimate of drug-likeness (QED) is 0.690. The van der Waals surface area contributed by atoms with Crippen LogP contribution in [0.4, 0.5) is 15.0 Å². The second-order valence-corrected chi connectivity index (χ2v) is 7.22. The highest BCUT2D eigenvalue weighted by Crippen LogP contribution is 2.32. The van der Waals surface area contributed by atoms with E-state index in [0.29, 0.717) is 35.9 Å². The van der Waals surface area contributed by atoms with Gasteiger partial charge in [-0.1, -0.05) is 36.4 Å². The third-order valence-corrected chi connectivity index (χ3v) is 5.28. The number of hydrogen-bond donors (Lipinski definition) is 1. The molecule has 0 fully saturated rings. The van der Waals surface area contributed by atoms with E-state index in [1.807, 2.05) is 30.3 Å². The van der Waals surface area contributed by atoms with Crippen molar-refractivity contribution in [3.8, 4) is 5.69 Å². The van der Waals surface area contributed by atoms with Crippen LogP contribution in [0.15, 0.2) is 65.8 Å². The van der Waals surface area contributed by atoms with Gasteiger partial charge in [0.2, 0.25) is 5.91 Å². The molecular formula is C22H19FN6O2. The summed E-state index contributed by atoms with van der Waals surface area (Å²) in [5.74, 6) is 0.279. The molecule has 3 amide bonds. The van der Waals surface area contributed by atoms with Crippen LogP contribution in [-0.2, 0) is 11.3 Å².